The first-order chi connectivity index (χ1) is 61.5. The molecule has 0 aromatic heterocycles. The molecule has 2 atom stereocenters. The second kappa shape index (κ2) is 76.9. The standard InChI is InChI=1S/C19H34NO.2C18H32NO.C17H30NO.C16H28NO.C13H22NO.C12H20NS/c1-4-7-15-20(6-3,14-5-2)16-18-21-17-13-19-11-9-8-10-12-19;1-4-13-19(6-3,14-5-2)15-17-20-16-12-18-10-8-7-9-11-18;1-4-7-14-19(6-3,13-5-2)15-16-20-17-18-11-9-8-10-12-18;1-4-12-18(6-3,13-5-2)14-15-19-16-17-10-8-7-9-11-17;1-4-17(5-2,6-3)13-15-18-14-12-16-10-8-7-9-11-16;1-14(2,3)10-12-15-11-9-13-7-5-4-6-8-13;1-13(2,3)9-10-14-11-12-7-5-4-6-8-12/h8-12H,4-7,13-18H2,1-3H3;7-11H,4-6,12-17H2,1-3H3;8-12H,4-7,13-17H2,1-3H3;7-11H,4-6,12-16H2,1-3H3;7-11H,4-6,12-15H2,1-3H3;4-8H,9-12H2,1-3H3;4-8H,9-11H2,1-3H3/q7*+1. The summed E-state index contributed by atoms with van der Waals surface area (Å²) in [5.74, 6) is 2.37. The van der Waals surface area contributed by atoms with Gasteiger partial charge in [0.15, 0.2) is 0 Å². The van der Waals surface area contributed by atoms with Gasteiger partial charge in [-0.15, -0.1) is 0 Å². The van der Waals surface area contributed by atoms with Crippen LogP contribution in [0, 0.1) is 0 Å². The van der Waals surface area contributed by atoms with Crippen LogP contribution in [0.5, 0.6) is 0 Å². The zero-order valence-corrected chi connectivity index (χ0v) is 86.9. The molecular weight excluding hydrogens is 1580 g/mol. The maximum absolute atomic E-state index is 5.91. The highest BCUT2D eigenvalue weighted by Gasteiger charge is 2.27. The molecule has 0 fully saturated rings. The van der Waals surface area contributed by atoms with Crippen LogP contribution in [0.2, 0.25) is 0 Å². The molecule has 0 N–H and O–H groups in total. The Bertz CT molecular complexity index is 3450. The number of rotatable bonds is 64. The van der Waals surface area contributed by atoms with Gasteiger partial charge in [0.05, 0.1) is 226 Å². The van der Waals surface area contributed by atoms with Crippen molar-refractivity contribution < 1.29 is 59.8 Å². The molecular formula is C113H198N7O6S+7. The van der Waals surface area contributed by atoms with Crippen LogP contribution in [-0.2, 0) is 73.1 Å². The number of quaternary nitrogens is 7. The summed E-state index contributed by atoms with van der Waals surface area (Å²) in [6.45, 7) is 71.3. The van der Waals surface area contributed by atoms with Crippen molar-refractivity contribution in [3.63, 3.8) is 0 Å². The molecule has 0 aliphatic rings. The maximum Gasteiger partial charge on any atom is 0.102 e. The number of benzene rings is 7. The Labute approximate surface area is 788 Å². The monoisotopic (exact) mass is 1780 g/mol. The summed E-state index contributed by atoms with van der Waals surface area (Å²) < 4.78 is 43.0. The van der Waals surface area contributed by atoms with Gasteiger partial charge in [-0.2, -0.15) is 11.8 Å². The predicted octanol–water partition coefficient (Wildman–Crippen LogP) is 24.0. The van der Waals surface area contributed by atoms with E-state index in [1.54, 1.807) is 0 Å². The minimum absolute atomic E-state index is 0.739. The van der Waals surface area contributed by atoms with Gasteiger partial charge >= 0.3 is 0 Å². The average Bonchev–Trinajstić information content (AvgIpc) is 0.896. The number of hydrogen-bond donors (Lipinski definition) is 0. The van der Waals surface area contributed by atoms with Crippen LogP contribution in [0.15, 0.2) is 212 Å². The Morgan fingerprint density at radius 2 is 0.409 bits per heavy atom. The molecule has 127 heavy (non-hydrogen) atoms. The lowest BCUT2D eigenvalue weighted by atomic mass is 10.2. The number of likely N-dealkylation sites (N-methyl/N-ethyl adjacent to an activating group) is 6. The van der Waals surface area contributed by atoms with Crippen LogP contribution in [0.4, 0.5) is 0 Å². The van der Waals surface area contributed by atoms with E-state index in [-0.39, 0.29) is 0 Å². The summed E-state index contributed by atoms with van der Waals surface area (Å²) in [6.07, 6.45) is 16.9. The summed E-state index contributed by atoms with van der Waals surface area (Å²) in [5, 5.41) is 0. The number of nitrogens with zero attached hydrogens (tertiary/aromatic N) is 7. The van der Waals surface area contributed by atoms with Gasteiger partial charge in [0.1, 0.15) is 39.3 Å². The second-order valence-electron chi connectivity index (χ2n) is 37.1. The largest absolute Gasteiger partial charge is 0.375 e. The molecule has 2 unspecified atom stereocenters. The van der Waals surface area contributed by atoms with E-state index in [2.05, 4.69) is 346 Å². The van der Waals surface area contributed by atoms with Crippen LogP contribution in [0.1, 0.15) is 207 Å². The molecule has 0 heterocycles. The minimum atomic E-state index is 0.739. The molecule has 7 aromatic rings. The van der Waals surface area contributed by atoms with Gasteiger partial charge in [0.25, 0.3) is 0 Å². The third kappa shape index (κ3) is 61.7. The average molecular weight is 1780 g/mol. The third-order valence-corrected chi connectivity index (χ3v) is 26.1. The summed E-state index contributed by atoms with van der Waals surface area (Å²) in [6, 6.07) is 73.8. The van der Waals surface area contributed by atoms with Crippen molar-refractivity contribution in [2.75, 3.05) is 258 Å². The highest BCUT2D eigenvalue weighted by molar-refractivity contribution is 7.98. The van der Waals surface area contributed by atoms with Gasteiger partial charge in [0, 0.05) is 11.5 Å². The van der Waals surface area contributed by atoms with Crippen molar-refractivity contribution in [2.45, 2.75) is 213 Å². The van der Waals surface area contributed by atoms with Gasteiger partial charge in [-0.25, -0.2) is 0 Å². The van der Waals surface area contributed by atoms with E-state index in [1.807, 2.05) is 23.9 Å². The molecule has 0 saturated heterocycles. The molecule has 0 saturated carbocycles. The lowest BCUT2D eigenvalue weighted by Gasteiger charge is -2.37. The quantitative estimate of drug-likeness (QED) is 0.0278. The Morgan fingerprint density at radius 3 is 0.638 bits per heavy atom. The van der Waals surface area contributed by atoms with E-state index in [4.69, 9.17) is 28.4 Å². The zero-order valence-electron chi connectivity index (χ0n) is 86.1. The lowest BCUT2D eigenvalue weighted by Crippen LogP contribution is -2.51. The van der Waals surface area contributed by atoms with Crippen LogP contribution in [0.25, 0.3) is 0 Å². The molecule has 720 valence electrons. The van der Waals surface area contributed by atoms with Crippen LogP contribution < -0.4 is 0 Å². The number of ether oxygens (including phenoxy) is 6. The molecule has 7 aromatic carbocycles. The van der Waals surface area contributed by atoms with Crippen LogP contribution in [0.3, 0.4) is 0 Å². The van der Waals surface area contributed by atoms with Gasteiger partial charge in [-0.1, -0.05) is 281 Å². The molecule has 7 rings (SSSR count). The van der Waals surface area contributed by atoms with Crippen molar-refractivity contribution in [3.8, 4) is 0 Å². The fraction of sp³-hybridized carbons (Fsp3) is 0.628. The normalized spacial score (nSPS) is 12.5. The highest BCUT2D eigenvalue weighted by Crippen LogP contribution is 2.18. The Kier molecular flexibility index (Phi) is 72.3. The van der Waals surface area contributed by atoms with Crippen molar-refractivity contribution in [2.24, 2.45) is 0 Å². The molecule has 0 aliphatic carbocycles. The van der Waals surface area contributed by atoms with E-state index in [0.717, 1.165) is 152 Å². The van der Waals surface area contributed by atoms with Gasteiger partial charge < -0.3 is 59.8 Å². The Morgan fingerprint density at radius 1 is 0.197 bits per heavy atom. The van der Waals surface area contributed by atoms with E-state index < -0.39 is 0 Å². The zero-order chi connectivity index (χ0) is 93.6. The molecule has 0 bridgehead atoms. The Balaban J connectivity index is 0.000000743. The number of hydrogen-bond acceptors (Lipinski definition) is 7. The minimum Gasteiger partial charge on any atom is -0.375 e. The topological polar surface area (TPSA) is 55.4 Å². The second-order valence-corrected chi connectivity index (χ2v) is 38.2. The van der Waals surface area contributed by atoms with Crippen molar-refractivity contribution >= 4 is 11.8 Å². The first-order valence-corrected chi connectivity index (χ1v) is 51.8. The van der Waals surface area contributed by atoms with E-state index >= 15 is 0 Å². The Hall–Kier alpha value is -5.63. The van der Waals surface area contributed by atoms with Crippen molar-refractivity contribution in [3.05, 3.63) is 251 Å². The van der Waals surface area contributed by atoms with Crippen LogP contribution >= 0.6 is 11.8 Å². The van der Waals surface area contributed by atoms with Crippen LogP contribution in [-0.4, -0.2) is 289 Å². The van der Waals surface area contributed by atoms with Gasteiger partial charge in [-0.05, 0) is 164 Å². The van der Waals surface area contributed by atoms with Crippen molar-refractivity contribution in [1.29, 1.82) is 0 Å². The molecule has 13 nitrogen and oxygen atoms in total. The molecule has 0 spiro atoms. The molecule has 0 amide bonds. The summed E-state index contributed by atoms with van der Waals surface area (Å²) in [4.78, 5) is 0. The van der Waals surface area contributed by atoms with E-state index in [9.17, 15) is 0 Å². The lowest BCUT2D eigenvalue weighted by molar-refractivity contribution is -0.927. The number of unbranched alkanes of at least 4 members (excludes halogenated alkanes) is 2. The fourth-order valence-corrected chi connectivity index (χ4v) is 17.5. The molecule has 0 radical (unpaired) electrons. The molecule has 0 aliphatic heterocycles. The highest BCUT2D eigenvalue weighted by atomic mass is 32.2. The van der Waals surface area contributed by atoms with E-state index in [1.165, 1.54) is 243 Å². The molecule has 14 heteroatoms. The van der Waals surface area contributed by atoms with Gasteiger partial charge in [0.2, 0.25) is 0 Å². The SMILES string of the molecule is CCCC[N+](CC)(CCC)CCOCCc1ccccc1.CCCC[N+](CC)(CCC)CCOCc1ccccc1.CCC[N+](CC)(CCC)CCOCCc1ccccc1.CCC[N+](CC)(CCC)CCOCc1ccccc1.CC[N+](CC)(CC)CCOCCc1ccccc1.C[N+](C)(C)CCOCCc1ccccc1.C[N+](C)(C)CCSCc1ccccc1. The maximum atomic E-state index is 5.91. The predicted molar refractivity (Wildman–Crippen MR) is 554 cm³/mol. The summed E-state index contributed by atoms with van der Waals surface area (Å²) in [7, 11) is 13.3. The van der Waals surface area contributed by atoms with E-state index in [0.29, 0.717) is 0 Å². The smallest absolute Gasteiger partial charge is 0.102 e. The number of thioether (sulfide) groups is 1. The summed E-state index contributed by atoms with van der Waals surface area (Å²) >= 11 is 2.02. The van der Waals surface area contributed by atoms with Gasteiger partial charge in [-0.3, -0.25) is 0 Å². The fourth-order valence-electron chi connectivity index (χ4n) is 16.2. The first-order valence-electron chi connectivity index (χ1n) is 50.6. The third-order valence-electron chi connectivity index (χ3n) is 25.1. The first kappa shape index (κ1) is 119. The summed E-state index contributed by atoms with van der Waals surface area (Å²) in [5.41, 5.74) is 9.41. The van der Waals surface area contributed by atoms with Crippen molar-refractivity contribution in [1.82, 2.24) is 0 Å².